The molecule has 0 radical (unpaired) electrons. The van der Waals surface area contributed by atoms with Crippen molar-refractivity contribution in [1.29, 1.82) is 0 Å². The van der Waals surface area contributed by atoms with Gasteiger partial charge in [0.1, 0.15) is 0 Å². The lowest BCUT2D eigenvalue weighted by Gasteiger charge is -2.42. The molecule has 0 saturated carbocycles. The number of alkyl halides is 2. The summed E-state index contributed by atoms with van der Waals surface area (Å²) >= 11 is 0. The first-order chi connectivity index (χ1) is 5.98. The predicted molar refractivity (Wildman–Crippen MR) is 49.0 cm³/mol. The summed E-state index contributed by atoms with van der Waals surface area (Å²) in [4.78, 5) is 11.3. The summed E-state index contributed by atoms with van der Waals surface area (Å²) in [5.41, 5.74) is 2.09. The Labute approximate surface area is 82.6 Å². The van der Waals surface area contributed by atoms with Crippen LogP contribution in [0.25, 0.3) is 0 Å². The number of rotatable bonds is 2. The maximum absolute atomic E-state index is 13.3. The van der Waals surface area contributed by atoms with Gasteiger partial charge in [0.2, 0.25) is 0 Å². The molecule has 0 aromatic rings. The van der Waals surface area contributed by atoms with Gasteiger partial charge in [-0.25, -0.2) is 13.6 Å². The van der Waals surface area contributed by atoms with Gasteiger partial charge in [-0.2, -0.15) is 0 Å². The summed E-state index contributed by atoms with van der Waals surface area (Å²) < 4.78 is 30.9. The van der Waals surface area contributed by atoms with Gasteiger partial charge >= 0.3 is 5.97 Å². The largest absolute Gasteiger partial charge is 0.467 e. The smallest absolute Gasteiger partial charge is 0.332 e. The van der Waals surface area contributed by atoms with Crippen LogP contribution >= 0.6 is 0 Å². The van der Waals surface area contributed by atoms with Gasteiger partial charge < -0.3 is 10.5 Å². The Kier molecular flexibility index (Phi) is 3.28. The molecule has 84 valence electrons. The quantitative estimate of drug-likeness (QED) is 0.702. The fourth-order valence-electron chi connectivity index (χ4n) is 1.30. The first-order valence-electron chi connectivity index (χ1n) is 4.23. The lowest BCUT2D eigenvalue weighted by Crippen LogP contribution is -2.68. The number of esters is 1. The van der Waals surface area contributed by atoms with Gasteiger partial charge in [0, 0.05) is 6.92 Å². The predicted octanol–water partition coefficient (Wildman–Crippen LogP) is 1.56. The number of carbonyl (C=O) groups excluding carboxylic acids is 1. The lowest BCUT2D eigenvalue weighted by atomic mass is 9.70. The molecule has 0 saturated heterocycles. The fourth-order valence-corrected chi connectivity index (χ4v) is 1.30. The average molecular weight is 209 g/mol. The molecule has 3 nitrogen and oxygen atoms in total. The van der Waals surface area contributed by atoms with E-state index < -0.39 is 22.8 Å². The second-order valence-corrected chi connectivity index (χ2v) is 4.44. The Morgan fingerprint density at radius 1 is 1.21 bits per heavy atom. The molecule has 0 aliphatic heterocycles. The molecular formula is C9H17F2NO2. The summed E-state index contributed by atoms with van der Waals surface area (Å²) in [5.74, 6) is -4.43. The molecule has 0 fully saturated rings. The molecule has 0 aliphatic carbocycles. The Morgan fingerprint density at radius 3 is 1.64 bits per heavy atom. The van der Waals surface area contributed by atoms with Crippen LogP contribution in [0.3, 0.4) is 0 Å². The Morgan fingerprint density at radius 2 is 1.57 bits per heavy atom. The van der Waals surface area contributed by atoms with Crippen LogP contribution in [0.2, 0.25) is 0 Å². The number of nitrogens with two attached hydrogens (primary N) is 1. The van der Waals surface area contributed by atoms with Gasteiger partial charge in [-0.05, 0) is 5.41 Å². The molecule has 0 aromatic carbocycles. The molecule has 0 aromatic heterocycles. The van der Waals surface area contributed by atoms with Crippen LogP contribution in [-0.4, -0.2) is 24.5 Å². The Balaban J connectivity index is 5.40. The van der Waals surface area contributed by atoms with E-state index in [1.54, 1.807) is 0 Å². The summed E-state index contributed by atoms with van der Waals surface area (Å²) in [6.07, 6.45) is 0. The van der Waals surface area contributed by atoms with Crippen molar-refractivity contribution in [2.75, 3.05) is 7.11 Å². The van der Waals surface area contributed by atoms with E-state index in [2.05, 4.69) is 4.74 Å². The molecule has 1 atom stereocenters. The van der Waals surface area contributed by atoms with Gasteiger partial charge in [-0.3, -0.25) is 0 Å². The molecule has 0 spiro atoms. The lowest BCUT2D eigenvalue weighted by molar-refractivity contribution is -0.174. The summed E-state index contributed by atoms with van der Waals surface area (Å²) in [5, 5.41) is 0. The van der Waals surface area contributed by atoms with E-state index in [4.69, 9.17) is 5.73 Å². The van der Waals surface area contributed by atoms with E-state index in [1.807, 2.05) is 0 Å². The second-order valence-electron chi connectivity index (χ2n) is 4.44. The number of carbonyl (C=O) groups is 1. The molecule has 1 unspecified atom stereocenters. The molecule has 0 bridgehead atoms. The normalized spacial score (nSPS) is 17.4. The standard InChI is InChI=1S/C9H17F2NO2/c1-7(2,3)9(12,6(13)14-5)8(4,10)11/h12H2,1-5H3. The molecule has 0 aliphatic rings. The second kappa shape index (κ2) is 3.46. The maximum Gasteiger partial charge on any atom is 0.332 e. The number of hydrogen-bond donors (Lipinski definition) is 1. The minimum atomic E-state index is -3.33. The SMILES string of the molecule is COC(=O)C(N)(C(C)(C)C)C(C)(F)F. The molecular weight excluding hydrogens is 192 g/mol. The summed E-state index contributed by atoms with van der Waals surface area (Å²) in [6, 6.07) is 0. The van der Waals surface area contributed by atoms with Crippen LogP contribution in [-0.2, 0) is 9.53 Å². The van der Waals surface area contributed by atoms with Crippen molar-refractivity contribution in [1.82, 2.24) is 0 Å². The summed E-state index contributed by atoms with van der Waals surface area (Å²) in [6.45, 7) is 5.04. The Bertz CT molecular complexity index is 214. The van der Waals surface area contributed by atoms with Crippen molar-refractivity contribution < 1.29 is 18.3 Å². The van der Waals surface area contributed by atoms with Crippen molar-refractivity contribution in [3.8, 4) is 0 Å². The van der Waals surface area contributed by atoms with Crippen molar-refractivity contribution in [2.45, 2.75) is 39.2 Å². The Hall–Kier alpha value is -0.710. The molecule has 0 heterocycles. The highest BCUT2D eigenvalue weighted by Crippen LogP contribution is 2.40. The van der Waals surface area contributed by atoms with Crippen molar-refractivity contribution in [2.24, 2.45) is 11.1 Å². The number of ether oxygens (including phenoxy) is 1. The number of halogens is 2. The molecule has 14 heavy (non-hydrogen) atoms. The summed E-state index contributed by atoms with van der Waals surface area (Å²) in [7, 11) is 1.04. The zero-order valence-corrected chi connectivity index (χ0v) is 9.15. The number of methoxy groups -OCH3 is 1. The third kappa shape index (κ3) is 1.87. The monoisotopic (exact) mass is 209 g/mol. The van der Waals surface area contributed by atoms with E-state index in [0.29, 0.717) is 6.92 Å². The van der Waals surface area contributed by atoms with Gasteiger partial charge in [0.25, 0.3) is 5.92 Å². The van der Waals surface area contributed by atoms with Gasteiger partial charge in [0.05, 0.1) is 7.11 Å². The molecule has 0 amide bonds. The topological polar surface area (TPSA) is 52.3 Å². The van der Waals surface area contributed by atoms with E-state index in [1.165, 1.54) is 20.8 Å². The molecule has 5 heteroatoms. The highest BCUT2D eigenvalue weighted by atomic mass is 19.3. The molecule has 2 N–H and O–H groups in total. The van der Waals surface area contributed by atoms with Crippen LogP contribution in [0, 0.1) is 5.41 Å². The highest BCUT2D eigenvalue weighted by molar-refractivity contribution is 5.83. The fraction of sp³-hybridized carbons (Fsp3) is 0.889. The van der Waals surface area contributed by atoms with E-state index >= 15 is 0 Å². The average Bonchev–Trinajstić information content (AvgIpc) is 1.97. The van der Waals surface area contributed by atoms with Crippen LogP contribution in [0.1, 0.15) is 27.7 Å². The zero-order valence-electron chi connectivity index (χ0n) is 9.15. The van der Waals surface area contributed by atoms with Gasteiger partial charge in [0.15, 0.2) is 5.54 Å². The maximum atomic E-state index is 13.3. The number of hydrogen-bond acceptors (Lipinski definition) is 3. The van der Waals surface area contributed by atoms with Crippen LogP contribution < -0.4 is 5.73 Å². The first kappa shape index (κ1) is 13.3. The highest BCUT2D eigenvalue weighted by Gasteiger charge is 2.61. The van der Waals surface area contributed by atoms with Crippen molar-refractivity contribution in [3.63, 3.8) is 0 Å². The zero-order chi connectivity index (χ0) is 11.8. The van der Waals surface area contributed by atoms with Crippen molar-refractivity contribution >= 4 is 5.97 Å². The molecule has 0 rings (SSSR count). The van der Waals surface area contributed by atoms with Crippen LogP contribution in [0.5, 0.6) is 0 Å². The van der Waals surface area contributed by atoms with E-state index in [0.717, 1.165) is 7.11 Å². The van der Waals surface area contributed by atoms with Crippen molar-refractivity contribution in [3.05, 3.63) is 0 Å². The van der Waals surface area contributed by atoms with E-state index in [9.17, 15) is 13.6 Å². The van der Waals surface area contributed by atoms with Crippen LogP contribution in [0.4, 0.5) is 8.78 Å². The van der Waals surface area contributed by atoms with Gasteiger partial charge in [-0.15, -0.1) is 0 Å². The third-order valence-electron chi connectivity index (χ3n) is 2.38. The van der Waals surface area contributed by atoms with Crippen LogP contribution in [0.15, 0.2) is 0 Å². The minimum absolute atomic E-state index is 0.620. The third-order valence-corrected chi connectivity index (χ3v) is 2.38. The van der Waals surface area contributed by atoms with E-state index in [-0.39, 0.29) is 0 Å². The van der Waals surface area contributed by atoms with Gasteiger partial charge in [-0.1, -0.05) is 20.8 Å². The minimum Gasteiger partial charge on any atom is -0.467 e. The first-order valence-corrected chi connectivity index (χ1v) is 4.23.